The number of carbonyl (C=O) groups is 1. The number of para-hydroxylation sites is 2. The van der Waals surface area contributed by atoms with Gasteiger partial charge in [0.2, 0.25) is 0 Å². The van der Waals surface area contributed by atoms with Crippen molar-refractivity contribution >= 4 is 51.5 Å². The summed E-state index contributed by atoms with van der Waals surface area (Å²) >= 11 is 13.0. The third-order valence-electron chi connectivity index (χ3n) is 5.01. The fourth-order valence-electron chi connectivity index (χ4n) is 3.66. The van der Waals surface area contributed by atoms with E-state index >= 15 is 0 Å². The Morgan fingerprint density at radius 3 is 2.31 bits per heavy atom. The van der Waals surface area contributed by atoms with Crippen molar-refractivity contribution in [3.05, 3.63) is 100 Å². The van der Waals surface area contributed by atoms with Gasteiger partial charge in [-0.2, -0.15) is 0 Å². The van der Waals surface area contributed by atoms with Crippen molar-refractivity contribution in [2.24, 2.45) is 0 Å². The van der Waals surface area contributed by atoms with Gasteiger partial charge in [0.15, 0.2) is 0 Å². The second-order valence-electron chi connectivity index (χ2n) is 6.77. The van der Waals surface area contributed by atoms with Crippen LogP contribution < -0.4 is 10.2 Å². The Balaban J connectivity index is 1.75. The van der Waals surface area contributed by atoms with E-state index in [0.717, 1.165) is 16.6 Å². The fourth-order valence-corrected chi connectivity index (χ4v) is 4.26. The average Bonchev–Trinajstić information content (AvgIpc) is 2.73. The maximum absolute atomic E-state index is 13.6. The number of nitrogens with one attached hydrogen (secondary N) is 1. The number of fused-ring (bicyclic) bond motifs is 2. The van der Waals surface area contributed by atoms with Crippen LogP contribution in [-0.4, -0.2) is 10.9 Å². The molecular weight excluding hydrogens is 405 g/mol. The van der Waals surface area contributed by atoms with Gasteiger partial charge in [-0.15, -0.1) is 0 Å². The number of hydrogen-bond donors (Lipinski definition) is 1. The molecule has 0 saturated carbocycles. The molecule has 5 rings (SSSR count). The number of carbonyl (C=O) groups excluding carboxylic acids is 1. The molecule has 3 aromatic carbocycles. The van der Waals surface area contributed by atoms with Crippen LogP contribution in [0.25, 0.3) is 10.9 Å². The van der Waals surface area contributed by atoms with E-state index in [-0.39, 0.29) is 5.91 Å². The monoisotopic (exact) mass is 419 g/mol. The van der Waals surface area contributed by atoms with E-state index in [9.17, 15) is 4.79 Å². The first kappa shape index (κ1) is 18.0. The first-order valence-corrected chi connectivity index (χ1v) is 9.88. The van der Waals surface area contributed by atoms with E-state index in [4.69, 9.17) is 23.2 Å². The van der Waals surface area contributed by atoms with Crippen LogP contribution >= 0.6 is 23.2 Å². The second-order valence-corrected chi connectivity index (χ2v) is 7.58. The van der Waals surface area contributed by atoms with E-state index in [2.05, 4.69) is 10.3 Å². The molecule has 1 aromatic heterocycles. The molecule has 1 amide bonds. The van der Waals surface area contributed by atoms with Gasteiger partial charge in [-0.1, -0.05) is 65.7 Å². The Hall–Kier alpha value is -3.08. The highest BCUT2D eigenvalue weighted by Gasteiger charge is 2.37. The van der Waals surface area contributed by atoms with Gasteiger partial charge >= 0.3 is 0 Å². The minimum atomic E-state index is -0.590. The highest BCUT2D eigenvalue weighted by molar-refractivity contribution is 6.36. The number of hydrogen-bond acceptors (Lipinski definition) is 3. The van der Waals surface area contributed by atoms with Crippen molar-refractivity contribution in [1.29, 1.82) is 0 Å². The van der Waals surface area contributed by atoms with Crippen LogP contribution in [0.2, 0.25) is 10.0 Å². The van der Waals surface area contributed by atoms with E-state index < -0.39 is 6.17 Å². The van der Waals surface area contributed by atoms with Crippen molar-refractivity contribution in [2.45, 2.75) is 6.17 Å². The lowest BCUT2D eigenvalue weighted by atomic mass is 10.0. The van der Waals surface area contributed by atoms with Gasteiger partial charge < -0.3 is 5.32 Å². The third kappa shape index (κ3) is 3.01. The minimum absolute atomic E-state index is 0.163. The molecule has 4 nitrogen and oxygen atoms in total. The maximum atomic E-state index is 13.6. The minimum Gasteiger partial charge on any atom is -0.345 e. The Morgan fingerprint density at radius 2 is 1.55 bits per heavy atom. The van der Waals surface area contributed by atoms with Gasteiger partial charge in [0, 0.05) is 26.7 Å². The van der Waals surface area contributed by atoms with Crippen LogP contribution in [0.5, 0.6) is 0 Å². The van der Waals surface area contributed by atoms with Crippen LogP contribution in [0.1, 0.15) is 22.1 Å². The van der Waals surface area contributed by atoms with Gasteiger partial charge in [0.05, 0.1) is 11.1 Å². The number of pyridine rings is 1. The van der Waals surface area contributed by atoms with Crippen LogP contribution in [-0.2, 0) is 0 Å². The zero-order valence-electron chi connectivity index (χ0n) is 15.1. The summed E-state index contributed by atoms with van der Waals surface area (Å²) in [5, 5.41) is 5.26. The van der Waals surface area contributed by atoms with Gasteiger partial charge in [-0.3, -0.25) is 9.69 Å². The summed E-state index contributed by atoms with van der Waals surface area (Å²) in [5.41, 5.74) is 2.69. The van der Waals surface area contributed by atoms with Crippen molar-refractivity contribution in [1.82, 2.24) is 4.98 Å². The molecule has 0 spiro atoms. The van der Waals surface area contributed by atoms with Crippen molar-refractivity contribution in [3.63, 3.8) is 0 Å². The molecule has 0 fully saturated rings. The van der Waals surface area contributed by atoms with Gasteiger partial charge in [-0.05, 0) is 36.4 Å². The fraction of sp³-hybridized carbons (Fsp3) is 0.0435. The van der Waals surface area contributed by atoms with Crippen molar-refractivity contribution < 1.29 is 4.79 Å². The normalized spacial score (nSPS) is 15.9. The van der Waals surface area contributed by atoms with Crippen LogP contribution in [0.4, 0.5) is 11.5 Å². The molecule has 29 heavy (non-hydrogen) atoms. The Labute approximate surface area is 177 Å². The first-order chi connectivity index (χ1) is 14.1. The molecule has 0 bridgehead atoms. The van der Waals surface area contributed by atoms with Crippen LogP contribution in [0.15, 0.2) is 78.9 Å². The summed E-state index contributed by atoms with van der Waals surface area (Å²) in [6, 6.07) is 24.4. The number of amides is 1. The maximum Gasteiger partial charge on any atom is 0.264 e. The lowest BCUT2D eigenvalue weighted by molar-refractivity contribution is 0.0974. The lowest BCUT2D eigenvalue weighted by Gasteiger charge is -2.38. The molecule has 4 aromatic rings. The quantitative estimate of drug-likeness (QED) is 0.413. The predicted molar refractivity (Wildman–Crippen MR) is 118 cm³/mol. The number of rotatable bonds is 2. The van der Waals surface area contributed by atoms with E-state index in [1.807, 2.05) is 60.7 Å². The molecule has 6 heteroatoms. The summed E-state index contributed by atoms with van der Waals surface area (Å²) < 4.78 is 0. The summed E-state index contributed by atoms with van der Waals surface area (Å²) in [7, 11) is 0. The molecule has 1 atom stereocenters. The second kappa shape index (κ2) is 7.07. The molecule has 142 valence electrons. The molecular formula is C23H15Cl2N3O. The Bertz CT molecular complexity index is 1220. The largest absolute Gasteiger partial charge is 0.345 e. The molecule has 1 N–H and O–H groups in total. The third-order valence-corrected chi connectivity index (χ3v) is 5.67. The van der Waals surface area contributed by atoms with Gasteiger partial charge in [-0.25, -0.2) is 4.98 Å². The van der Waals surface area contributed by atoms with Crippen molar-refractivity contribution in [3.8, 4) is 0 Å². The summed E-state index contributed by atoms with van der Waals surface area (Å²) in [4.78, 5) is 20.0. The van der Waals surface area contributed by atoms with E-state index in [0.29, 0.717) is 27.0 Å². The number of halogens is 2. The number of anilines is 2. The molecule has 0 radical (unpaired) electrons. The van der Waals surface area contributed by atoms with Crippen LogP contribution in [0.3, 0.4) is 0 Å². The average molecular weight is 420 g/mol. The zero-order chi connectivity index (χ0) is 20.0. The molecule has 0 saturated heterocycles. The van der Waals surface area contributed by atoms with Gasteiger partial charge in [0.1, 0.15) is 12.0 Å². The smallest absolute Gasteiger partial charge is 0.264 e. The van der Waals surface area contributed by atoms with Crippen LogP contribution in [0, 0.1) is 0 Å². The first-order valence-electron chi connectivity index (χ1n) is 9.12. The number of aromatic nitrogens is 1. The van der Waals surface area contributed by atoms with Crippen molar-refractivity contribution in [2.75, 3.05) is 10.2 Å². The predicted octanol–water partition coefficient (Wildman–Crippen LogP) is 6.31. The Morgan fingerprint density at radius 1 is 0.862 bits per heavy atom. The molecule has 1 unspecified atom stereocenters. The summed E-state index contributed by atoms with van der Waals surface area (Å²) in [6.45, 7) is 0. The lowest BCUT2D eigenvalue weighted by Crippen LogP contribution is -2.43. The SMILES string of the molecule is O=C1c2cc3ccccc3nc2NC(c2c(Cl)cccc2Cl)N1c1ccccc1. The summed E-state index contributed by atoms with van der Waals surface area (Å²) in [5.74, 6) is 0.353. The topological polar surface area (TPSA) is 45.2 Å². The highest BCUT2D eigenvalue weighted by atomic mass is 35.5. The number of nitrogens with zero attached hydrogens (tertiary/aromatic N) is 2. The molecule has 0 aliphatic carbocycles. The van der Waals surface area contributed by atoms with Gasteiger partial charge in [0.25, 0.3) is 5.91 Å². The Kier molecular flexibility index (Phi) is 4.38. The zero-order valence-corrected chi connectivity index (χ0v) is 16.7. The highest BCUT2D eigenvalue weighted by Crippen LogP contribution is 2.41. The molecule has 1 aliphatic rings. The van der Waals surface area contributed by atoms with E-state index in [1.165, 1.54) is 0 Å². The summed E-state index contributed by atoms with van der Waals surface area (Å²) in [6.07, 6.45) is -0.590. The number of benzene rings is 3. The molecule has 1 aliphatic heterocycles. The standard InChI is InChI=1S/C23H15Cl2N3O/c24-17-10-6-11-18(25)20(17)22-27-21-16(13-14-7-4-5-12-19(14)26-21)23(29)28(22)15-8-2-1-3-9-15/h1-13,22H,(H,26,27). The van der Waals surface area contributed by atoms with E-state index in [1.54, 1.807) is 23.1 Å². The molecule has 2 heterocycles.